The molecule has 10 nitrogen and oxygen atoms in total. The molecule has 0 N–H and O–H groups in total. The summed E-state index contributed by atoms with van der Waals surface area (Å²) < 4.78 is 14.8. The van der Waals surface area contributed by atoms with Crippen molar-refractivity contribution in [2.24, 2.45) is 0 Å². The third-order valence-electron chi connectivity index (χ3n) is 4.25. The summed E-state index contributed by atoms with van der Waals surface area (Å²) in [5.74, 6) is 0.552. The molecule has 0 radical (unpaired) electrons. The Morgan fingerprint density at radius 2 is 2.11 bits per heavy atom. The van der Waals surface area contributed by atoms with E-state index >= 15 is 0 Å². The van der Waals surface area contributed by atoms with Gasteiger partial charge in [-0.25, -0.2) is 4.68 Å². The van der Waals surface area contributed by atoms with Crippen molar-refractivity contribution in [2.45, 2.75) is 39.1 Å². The molecule has 1 aliphatic heterocycles. The number of nitrogens with zero attached hydrogens (tertiary/aromatic N) is 6. The van der Waals surface area contributed by atoms with Crippen LogP contribution in [0.2, 0.25) is 0 Å². The maximum atomic E-state index is 10.8. The minimum Gasteiger partial charge on any atom is -0.487 e. The Hall–Kier alpha value is -3.43. The molecule has 0 bridgehead atoms. The van der Waals surface area contributed by atoms with Gasteiger partial charge < -0.3 is 19.6 Å². The van der Waals surface area contributed by atoms with Crippen LogP contribution in [-0.2, 0) is 19.7 Å². The van der Waals surface area contributed by atoms with Crippen LogP contribution in [0.25, 0.3) is 0 Å². The standard InChI is InChI=1S/C17H18N6O4/c1-12-3-5-14(6-4-12)26-9-13-7-22(20-19-13)11-17(2)10-21-8-15(23(24)25)18-16(21)27-17/h3-8H,9-11H2,1-2H3. The minimum absolute atomic E-state index is 0.219. The van der Waals surface area contributed by atoms with Crippen molar-refractivity contribution in [3.63, 3.8) is 0 Å². The second-order valence-corrected chi connectivity index (χ2v) is 6.83. The zero-order valence-electron chi connectivity index (χ0n) is 14.9. The number of aryl methyl sites for hydroxylation is 1. The summed E-state index contributed by atoms with van der Waals surface area (Å²) in [5, 5.41) is 19.0. The molecule has 140 valence electrons. The van der Waals surface area contributed by atoms with Crippen LogP contribution in [0.1, 0.15) is 18.2 Å². The summed E-state index contributed by atoms with van der Waals surface area (Å²) in [5.41, 5.74) is 1.26. The first kappa shape index (κ1) is 17.0. The smallest absolute Gasteiger partial charge is 0.415 e. The highest BCUT2D eigenvalue weighted by Crippen LogP contribution is 2.31. The highest BCUT2D eigenvalue weighted by molar-refractivity contribution is 5.26. The van der Waals surface area contributed by atoms with Gasteiger partial charge in [0.1, 0.15) is 29.8 Å². The Morgan fingerprint density at radius 3 is 2.81 bits per heavy atom. The Kier molecular flexibility index (Phi) is 4.02. The van der Waals surface area contributed by atoms with E-state index in [1.165, 1.54) is 11.8 Å². The largest absolute Gasteiger partial charge is 0.487 e. The molecule has 1 aromatic carbocycles. The molecule has 1 atom stereocenters. The number of aromatic nitrogens is 5. The number of hydrogen-bond donors (Lipinski definition) is 0. The highest BCUT2D eigenvalue weighted by Gasteiger charge is 2.40. The highest BCUT2D eigenvalue weighted by atomic mass is 16.6. The van der Waals surface area contributed by atoms with E-state index in [0.717, 1.165) is 5.75 Å². The molecule has 0 amide bonds. The molecule has 2 aromatic heterocycles. The summed E-state index contributed by atoms with van der Waals surface area (Å²) in [6.45, 7) is 5.11. The predicted octanol–water partition coefficient (Wildman–Crippen LogP) is 2.12. The van der Waals surface area contributed by atoms with Crippen LogP contribution in [0.5, 0.6) is 11.8 Å². The lowest BCUT2D eigenvalue weighted by Gasteiger charge is -2.21. The van der Waals surface area contributed by atoms with Crippen molar-refractivity contribution >= 4 is 5.82 Å². The fourth-order valence-corrected chi connectivity index (χ4v) is 2.98. The van der Waals surface area contributed by atoms with E-state index < -0.39 is 10.5 Å². The fraction of sp³-hybridized carbons (Fsp3) is 0.353. The third kappa shape index (κ3) is 3.59. The van der Waals surface area contributed by atoms with Gasteiger partial charge in [0, 0.05) is 4.98 Å². The first-order valence-corrected chi connectivity index (χ1v) is 8.39. The predicted molar refractivity (Wildman–Crippen MR) is 93.4 cm³/mol. The molecule has 4 rings (SSSR count). The van der Waals surface area contributed by atoms with E-state index in [0.29, 0.717) is 25.4 Å². The number of ether oxygens (including phenoxy) is 2. The zero-order chi connectivity index (χ0) is 19.0. The quantitative estimate of drug-likeness (QED) is 0.483. The van der Waals surface area contributed by atoms with Gasteiger partial charge >= 0.3 is 11.8 Å². The van der Waals surface area contributed by atoms with Gasteiger partial charge in [-0.2, -0.15) is 0 Å². The van der Waals surface area contributed by atoms with E-state index in [-0.39, 0.29) is 11.8 Å². The molecule has 0 saturated heterocycles. The number of hydrogen-bond acceptors (Lipinski definition) is 7. The normalized spacial score (nSPS) is 18.1. The lowest BCUT2D eigenvalue weighted by molar-refractivity contribution is -0.389. The number of imidazole rings is 1. The summed E-state index contributed by atoms with van der Waals surface area (Å²) in [6, 6.07) is 8.03. The van der Waals surface area contributed by atoms with Gasteiger partial charge in [0.15, 0.2) is 0 Å². The van der Waals surface area contributed by atoms with Crippen molar-refractivity contribution < 1.29 is 14.4 Å². The Balaban J connectivity index is 1.37. The van der Waals surface area contributed by atoms with Crippen LogP contribution in [0, 0.1) is 17.0 Å². The molecule has 1 unspecified atom stereocenters. The summed E-state index contributed by atoms with van der Waals surface area (Å²) in [4.78, 5) is 14.1. The molecule has 10 heteroatoms. The van der Waals surface area contributed by atoms with Crippen molar-refractivity contribution in [3.05, 3.63) is 58.0 Å². The van der Waals surface area contributed by atoms with E-state index in [4.69, 9.17) is 9.47 Å². The zero-order valence-corrected chi connectivity index (χ0v) is 14.9. The van der Waals surface area contributed by atoms with Gasteiger partial charge in [0.25, 0.3) is 0 Å². The van der Waals surface area contributed by atoms with E-state index in [1.807, 2.05) is 38.1 Å². The topological polar surface area (TPSA) is 110 Å². The molecular formula is C17H18N6O4. The van der Waals surface area contributed by atoms with Crippen molar-refractivity contribution in [2.75, 3.05) is 0 Å². The number of nitro groups is 1. The molecule has 1 aliphatic rings. The summed E-state index contributed by atoms with van der Waals surface area (Å²) >= 11 is 0. The van der Waals surface area contributed by atoms with E-state index in [2.05, 4.69) is 15.3 Å². The molecule has 27 heavy (non-hydrogen) atoms. The molecule has 0 fully saturated rings. The molecule has 3 aromatic rings. The summed E-state index contributed by atoms with van der Waals surface area (Å²) in [7, 11) is 0. The van der Waals surface area contributed by atoms with Crippen LogP contribution in [-0.4, -0.2) is 35.1 Å². The average Bonchev–Trinajstić information content (AvgIpc) is 3.28. The minimum atomic E-state index is -0.611. The van der Waals surface area contributed by atoms with Crippen molar-refractivity contribution in [1.82, 2.24) is 24.5 Å². The van der Waals surface area contributed by atoms with Crippen LogP contribution in [0.3, 0.4) is 0 Å². The van der Waals surface area contributed by atoms with Gasteiger partial charge in [-0.1, -0.05) is 22.9 Å². The average molecular weight is 370 g/mol. The number of rotatable bonds is 6. The Morgan fingerprint density at radius 1 is 1.33 bits per heavy atom. The SMILES string of the molecule is Cc1ccc(OCc2cn(CC3(C)Cn4cc([N+](=O)[O-])nc4O3)nn2)cc1. The number of fused-ring (bicyclic) bond motifs is 1. The van der Waals surface area contributed by atoms with Crippen molar-refractivity contribution in [3.8, 4) is 11.8 Å². The lowest BCUT2D eigenvalue weighted by atomic mass is 10.1. The maximum Gasteiger partial charge on any atom is 0.415 e. The number of benzene rings is 1. The van der Waals surface area contributed by atoms with Crippen molar-refractivity contribution in [1.29, 1.82) is 0 Å². The van der Waals surface area contributed by atoms with Gasteiger partial charge in [0.05, 0.1) is 19.3 Å². The van der Waals surface area contributed by atoms with E-state index in [1.54, 1.807) is 15.4 Å². The molecule has 0 aliphatic carbocycles. The second kappa shape index (κ2) is 6.38. The van der Waals surface area contributed by atoms with Crippen LogP contribution in [0.4, 0.5) is 5.82 Å². The fourth-order valence-electron chi connectivity index (χ4n) is 2.98. The molecular weight excluding hydrogens is 352 g/mol. The van der Waals surface area contributed by atoms with Gasteiger partial charge in [-0.05, 0) is 30.9 Å². The van der Waals surface area contributed by atoms with Gasteiger partial charge in [-0.15, -0.1) is 5.10 Å². The first-order valence-electron chi connectivity index (χ1n) is 8.39. The van der Waals surface area contributed by atoms with Crippen LogP contribution < -0.4 is 9.47 Å². The molecule has 0 saturated carbocycles. The first-order chi connectivity index (χ1) is 12.9. The Bertz CT molecular complexity index is 954. The van der Waals surface area contributed by atoms with E-state index in [9.17, 15) is 10.1 Å². The van der Waals surface area contributed by atoms with Crippen LogP contribution in [0.15, 0.2) is 36.7 Å². The van der Waals surface area contributed by atoms with Gasteiger partial charge in [0.2, 0.25) is 0 Å². The molecule has 3 heterocycles. The molecule has 0 spiro atoms. The summed E-state index contributed by atoms with van der Waals surface area (Å²) in [6.07, 6.45) is 3.18. The lowest BCUT2D eigenvalue weighted by Crippen LogP contribution is -2.36. The second-order valence-electron chi connectivity index (χ2n) is 6.83. The Labute approximate surface area is 154 Å². The van der Waals surface area contributed by atoms with Gasteiger partial charge in [-0.3, -0.25) is 4.57 Å². The van der Waals surface area contributed by atoms with Crippen LogP contribution >= 0.6 is 0 Å². The third-order valence-corrected chi connectivity index (χ3v) is 4.25. The monoisotopic (exact) mass is 370 g/mol. The maximum absolute atomic E-state index is 10.8.